The van der Waals surface area contributed by atoms with E-state index in [0.717, 1.165) is 12.8 Å². The molecule has 220 valence electrons. The topological polar surface area (TPSA) is 125 Å². The smallest absolute Gasteiger partial charge is 0.247 e. The number of ether oxygens (including phenoxy) is 2. The van der Waals surface area contributed by atoms with Crippen LogP contribution in [-0.2, 0) is 16.1 Å². The SMILES string of the molecule is COc1cc(C=O)cc(I)c1OC1C=C(C(=O)NCCO)CC(N(Cc2ccccc2F)C(=O)C2CCCC2)C1O. The van der Waals surface area contributed by atoms with E-state index in [4.69, 9.17) is 9.47 Å². The fraction of sp³-hybridized carbons (Fsp3) is 0.433. The van der Waals surface area contributed by atoms with Crippen LogP contribution in [0.3, 0.4) is 0 Å². The van der Waals surface area contributed by atoms with Gasteiger partial charge in [0.2, 0.25) is 11.8 Å². The molecule has 4 rings (SSSR count). The lowest BCUT2D eigenvalue weighted by molar-refractivity contribution is -0.143. The summed E-state index contributed by atoms with van der Waals surface area (Å²) in [6.45, 7) is -0.326. The minimum atomic E-state index is -1.28. The van der Waals surface area contributed by atoms with E-state index in [1.54, 1.807) is 24.3 Å². The molecule has 3 atom stereocenters. The van der Waals surface area contributed by atoms with Gasteiger partial charge in [0.05, 0.1) is 23.3 Å². The summed E-state index contributed by atoms with van der Waals surface area (Å²) in [6, 6.07) is 8.37. The molecule has 0 radical (unpaired) electrons. The number of nitrogens with one attached hydrogen (secondary N) is 1. The highest BCUT2D eigenvalue weighted by Crippen LogP contribution is 2.38. The molecule has 0 heterocycles. The Hall–Kier alpha value is -3.03. The van der Waals surface area contributed by atoms with E-state index in [1.165, 1.54) is 30.2 Å². The van der Waals surface area contributed by atoms with Crippen LogP contribution in [0.1, 0.15) is 48.0 Å². The number of carbonyl (C=O) groups excluding carboxylic acids is 3. The average molecular weight is 681 g/mol. The number of aldehydes is 1. The van der Waals surface area contributed by atoms with Crippen molar-refractivity contribution in [2.24, 2.45) is 5.92 Å². The fourth-order valence-corrected chi connectivity index (χ4v) is 6.17. The van der Waals surface area contributed by atoms with Gasteiger partial charge in [-0.2, -0.15) is 0 Å². The van der Waals surface area contributed by atoms with Crippen molar-refractivity contribution in [3.63, 3.8) is 0 Å². The number of hydrogen-bond acceptors (Lipinski definition) is 7. The second-order valence-corrected chi connectivity index (χ2v) is 11.4. The Balaban J connectivity index is 1.74. The molecule has 2 aromatic rings. The third-order valence-electron chi connectivity index (χ3n) is 7.54. The Labute approximate surface area is 251 Å². The molecule has 3 unspecified atom stereocenters. The van der Waals surface area contributed by atoms with Gasteiger partial charge in [-0.25, -0.2) is 4.39 Å². The van der Waals surface area contributed by atoms with Gasteiger partial charge in [0, 0.05) is 42.1 Å². The molecule has 1 fully saturated rings. The number of nitrogens with zero attached hydrogens (tertiary/aromatic N) is 1. The van der Waals surface area contributed by atoms with Gasteiger partial charge in [0.1, 0.15) is 24.3 Å². The van der Waals surface area contributed by atoms with Crippen molar-refractivity contribution >= 4 is 40.7 Å². The number of amides is 2. The summed E-state index contributed by atoms with van der Waals surface area (Å²) < 4.78 is 27.0. The molecule has 2 aliphatic carbocycles. The Kier molecular flexibility index (Phi) is 10.7. The highest BCUT2D eigenvalue weighted by molar-refractivity contribution is 14.1. The van der Waals surface area contributed by atoms with Crippen molar-refractivity contribution in [2.45, 2.75) is 56.9 Å². The van der Waals surface area contributed by atoms with Gasteiger partial charge >= 0.3 is 0 Å². The van der Waals surface area contributed by atoms with E-state index in [1.807, 2.05) is 22.6 Å². The summed E-state index contributed by atoms with van der Waals surface area (Å²) in [5, 5.41) is 23.6. The van der Waals surface area contributed by atoms with E-state index >= 15 is 0 Å². The Bertz CT molecular complexity index is 1300. The number of aliphatic hydroxyl groups excluding tert-OH is 2. The molecular weight excluding hydrogens is 646 g/mol. The van der Waals surface area contributed by atoms with Crippen molar-refractivity contribution in [1.29, 1.82) is 0 Å². The minimum absolute atomic E-state index is 0.00348. The van der Waals surface area contributed by atoms with E-state index in [-0.39, 0.29) is 55.0 Å². The molecule has 0 aromatic heterocycles. The Morgan fingerprint density at radius 3 is 2.61 bits per heavy atom. The standard InChI is InChI=1S/C30H34FIN2O7/c1-40-26-13-18(17-36)12-23(32)28(26)41-25-15-21(29(38)33-10-11-35)14-24(27(25)37)34(30(39)19-6-2-3-7-19)16-20-8-4-5-9-22(20)31/h4-5,8-9,12-13,15,17,19,24-25,27,35,37H,2-3,6-7,10-11,14,16H2,1H3,(H,33,38). The number of benzene rings is 2. The predicted octanol–water partition coefficient (Wildman–Crippen LogP) is 3.39. The maximum absolute atomic E-state index is 14.8. The quantitative estimate of drug-likeness (QED) is 0.246. The fourth-order valence-electron chi connectivity index (χ4n) is 5.41. The van der Waals surface area contributed by atoms with Crippen LogP contribution < -0.4 is 14.8 Å². The largest absolute Gasteiger partial charge is 0.493 e. The zero-order valence-electron chi connectivity index (χ0n) is 22.7. The maximum atomic E-state index is 14.8. The Morgan fingerprint density at radius 2 is 1.95 bits per heavy atom. The maximum Gasteiger partial charge on any atom is 0.247 e. The van der Waals surface area contributed by atoms with Crippen LogP contribution in [0.15, 0.2) is 48.0 Å². The number of aliphatic hydroxyl groups is 2. The van der Waals surface area contributed by atoms with Crippen LogP contribution in [0, 0.1) is 15.3 Å². The van der Waals surface area contributed by atoms with Gasteiger partial charge in [-0.15, -0.1) is 0 Å². The van der Waals surface area contributed by atoms with Crippen LogP contribution >= 0.6 is 22.6 Å². The predicted molar refractivity (Wildman–Crippen MR) is 157 cm³/mol. The second-order valence-electron chi connectivity index (χ2n) is 10.2. The van der Waals surface area contributed by atoms with Crippen LogP contribution in [0.25, 0.3) is 0 Å². The van der Waals surface area contributed by atoms with Crippen molar-refractivity contribution in [1.82, 2.24) is 10.2 Å². The molecule has 0 bridgehead atoms. The molecule has 0 spiro atoms. The highest BCUT2D eigenvalue weighted by atomic mass is 127. The third kappa shape index (κ3) is 7.25. The van der Waals surface area contributed by atoms with Crippen LogP contribution in [-0.4, -0.2) is 71.7 Å². The van der Waals surface area contributed by atoms with Crippen LogP contribution in [0.2, 0.25) is 0 Å². The number of halogens is 2. The van der Waals surface area contributed by atoms with Crippen molar-refractivity contribution in [3.8, 4) is 11.5 Å². The van der Waals surface area contributed by atoms with Gasteiger partial charge in [-0.1, -0.05) is 31.0 Å². The molecule has 11 heteroatoms. The van der Waals surface area contributed by atoms with E-state index in [9.17, 15) is 29.0 Å². The normalized spacial score (nSPS) is 20.7. The molecule has 1 saturated carbocycles. The molecule has 9 nitrogen and oxygen atoms in total. The number of carbonyl (C=O) groups is 3. The summed E-state index contributed by atoms with van der Waals surface area (Å²) in [7, 11) is 1.42. The van der Waals surface area contributed by atoms with Gasteiger partial charge in [0.25, 0.3) is 0 Å². The average Bonchev–Trinajstić information content (AvgIpc) is 3.52. The molecule has 2 amide bonds. The first-order chi connectivity index (χ1) is 19.8. The van der Waals surface area contributed by atoms with Gasteiger partial charge in [-0.05, 0) is 59.7 Å². The summed E-state index contributed by atoms with van der Waals surface area (Å²) in [4.78, 5) is 39.8. The zero-order valence-corrected chi connectivity index (χ0v) is 24.9. The molecular formula is C30H34FIN2O7. The first-order valence-corrected chi connectivity index (χ1v) is 14.7. The monoisotopic (exact) mass is 680 g/mol. The summed E-state index contributed by atoms with van der Waals surface area (Å²) in [5.41, 5.74) is 0.929. The van der Waals surface area contributed by atoms with Gasteiger partial charge in [0.15, 0.2) is 11.5 Å². The van der Waals surface area contributed by atoms with Crippen LogP contribution in [0.4, 0.5) is 4.39 Å². The van der Waals surface area contributed by atoms with Crippen LogP contribution in [0.5, 0.6) is 11.5 Å². The number of methoxy groups -OCH3 is 1. The first kappa shape index (κ1) is 30.9. The zero-order chi connectivity index (χ0) is 29.5. The minimum Gasteiger partial charge on any atom is -0.493 e. The number of rotatable bonds is 11. The lowest BCUT2D eigenvalue weighted by Crippen LogP contribution is -2.55. The van der Waals surface area contributed by atoms with Gasteiger partial charge in [-0.3, -0.25) is 14.4 Å². The lowest BCUT2D eigenvalue weighted by atomic mass is 9.87. The van der Waals surface area contributed by atoms with E-state index in [2.05, 4.69) is 5.32 Å². The summed E-state index contributed by atoms with van der Waals surface area (Å²) >= 11 is 1.99. The molecule has 2 aliphatic rings. The Morgan fingerprint density at radius 1 is 1.22 bits per heavy atom. The molecule has 0 aliphatic heterocycles. The second kappa shape index (κ2) is 14.2. The first-order valence-electron chi connectivity index (χ1n) is 13.6. The molecule has 41 heavy (non-hydrogen) atoms. The summed E-state index contributed by atoms with van der Waals surface area (Å²) in [6.07, 6.45) is 3.03. The number of hydrogen-bond donors (Lipinski definition) is 3. The van der Waals surface area contributed by atoms with Gasteiger partial charge < -0.3 is 29.9 Å². The van der Waals surface area contributed by atoms with Crippen molar-refractivity contribution in [3.05, 3.63) is 68.6 Å². The third-order valence-corrected chi connectivity index (χ3v) is 8.34. The van der Waals surface area contributed by atoms with Crippen molar-refractivity contribution in [2.75, 3.05) is 20.3 Å². The lowest BCUT2D eigenvalue weighted by Gasteiger charge is -2.41. The summed E-state index contributed by atoms with van der Waals surface area (Å²) in [5.74, 6) is -0.880. The van der Waals surface area contributed by atoms with E-state index in [0.29, 0.717) is 33.8 Å². The molecule has 0 saturated heterocycles. The van der Waals surface area contributed by atoms with Crippen molar-refractivity contribution < 1.29 is 38.5 Å². The van der Waals surface area contributed by atoms with E-state index < -0.39 is 30.0 Å². The highest BCUT2D eigenvalue weighted by Gasteiger charge is 2.42. The molecule has 3 N–H and O–H groups in total. The molecule has 2 aromatic carbocycles.